The molecule has 7 heteroatoms. The van der Waals surface area contributed by atoms with Crippen LogP contribution >= 0.6 is 15.9 Å². The Morgan fingerprint density at radius 3 is 2.56 bits per heavy atom. The number of nitrogens with zero attached hydrogens (tertiary/aromatic N) is 1. The Morgan fingerprint density at radius 1 is 1.44 bits per heavy atom. The molecule has 0 aliphatic rings. The average Bonchev–Trinajstić information content (AvgIpc) is 2.29. The van der Waals surface area contributed by atoms with Crippen LogP contribution in [0.2, 0.25) is 0 Å². The predicted octanol–water partition coefficient (Wildman–Crippen LogP) is 1.26. The number of sulfonamides is 1. The summed E-state index contributed by atoms with van der Waals surface area (Å²) in [5, 5.41) is 0. The second-order valence-corrected chi connectivity index (χ2v) is 6.97. The summed E-state index contributed by atoms with van der Waals surface area (Å²) < 4.78 is 27.3. The lowest BCUT2D eigenvalue weighted by Gasteiger charge is -2.20. The van der Waals surface area contributed by atoms with Gasteiger partial charge in [-0.2, -0.15) is 0 Å². The van der Waals surface area contributed by atoms with Gasteiger partial charge in [0, 0.05) is 22.7 Å². The normalized spacial score (nSPS) is 13.8. The highest BCUT2D eigenvalue weighted by atomic mass is 79.9. The molecule has 0 saturated carbocycles. The van der Waals surface area contributed by atoms with Crippen molar-refractivity contribution in [3.63, 3.8) is 0 Å². The van der Waals surface area contributed by atoms with E-state index in [0.717, 1.165) is 0 Å². The van der Waals surface area contributed by atoms with Crippen molar-refractivity contribution in [3.05, 3.63) is 22.7 Å². The number of likely N-dealkylation sites (N-methyl/N-ethyl adjacent to an activating group) is 1. The summed E-state index contributed by atoms with van der Waals surface area (Å²) in [6.45, 7) is 2.30. The third-order valence-electron chi connectivity index (χ3n) is 2.73. The molecular formula is C11H18BrN3O2S. The van der Waals surface area contributed by atoms with Crippen LogP contribution in [0.1, 0.15) is 6.92 Å². The Hall–Kier alpha value is -0.630. The smallest absolute Gasteiger partial charge is 0.240 e. The molecule has 5 nitrogen and oxygen atoms in total. The van der Waals surface area contributed by atoms with E-state index in [0.29, 0.717) is 16.7 Å². The zero-order valence-electron chi connectivity index (χ0n) is 10.6. The van der Waals surface area contributed by atoms with Gasteiger partial charge < -0.3 is 10.6 Å². The quantitative estimate of drug-likeness (QED) is 0.794. The van der Waals surface area contributed by atoms with Crippen molar-refractivity contribution in [2.45, 2.75) is 17.9 Å². The van der Waals surface area contributed by atoms with Gasteiger partial charge in [0.2, 0.25) is 10.0 Å². The maximum absolute atomic E-state index is 12.0. The second kappa shape index (κ2) is 6.01. The van der Waals surface area contributed by atoms with Crippen molar-refractivity contribution in [2.75, 3.05) is 26.4 Å². The highest BCUT2D eigenvalue weighted by molar-refractivity contribution is 9.10. The van der Waals surface area contributed by atoms with Crippen LogP contribution in [0.15, 0.2) is 27.6 Å². The van der Waals surface area contributed by atoms with Gasteiger partial charge in [-0.15, -0.1) is 0 Å². The average molecular weight is 336 g/mol. The SMILES string of the molecule is CC(CNS(=O)(=O)c1ccc(Br)c(N)c1)N(C)C. The van der Waals surface area contributed by atoms with Gasteiger partial charge in [0.25, 0.3) is 0 Å². The fraction of sp³-hybridized carbons (Fsp3) is 0.455. The van der Waals surface area contributed by atoms with Crippen molar-refractivity contribution < 1.29 is 8.42 Å². The number of hydrogen-bond acceptors (Lipinski definition) is 4. The number of nitrogens with two attached hydrogens (primary N) is 1. The van der Waals surface area contributed by atoms with Gasteiger partial charge >= 0.3 is 0 Å². The van der Waals surface area contributed by atoms with Crippen molar-refractivity contribution in [1.82, 2.24) is 9.62 Å². The summed E-state index contributed by atoms with van der Waals surface area (Å²) in [4.78, 5) is 2.12. The van der Waals surface area contributed by atoms with Gasteiger partial charge in [-0.3, -0.25) is 0 Å². The van der Waals surface area contributed by atoms with Crippen molar-refractivity contribution in [2.24, 2.45) is 0 Å². The maximum Gasteiger partial charge on any atom is 0.240 e. The Labute approximate surface area is 117 Å². The van der Waals surface area contributed by atoms with E-state index >= 15 is 0 Å². The number of nitrogen functional groups attached to an aromatic ring is 1. The molecule has 0 aliphatic heterocycles. The third-order valence-corrected chi connectivity index (χ3v) is 4.87. The maximum atomic E-state index is 12.0. The molecule has 1 rings (SSSR count). The molecule has 0 aliphatic carbocycles. The third kappa shape index (κ3) is 3.94. The number of nitrogens with one attached hydrogen (secondary N) is 1. The van der Waals surface area contributed by atoms with E-state index in [1.54, 1.807) is 6.07 Å². The van der Waals surface area contributed by atoms with Crippen LogP contribution in [0.25, 0.3) is 0 Å². The highest BCUT2D eigenvalue weighted by Crippen LogP contribution is 2.22. The second-order valence-electron chi connectivity index (χ2n) is 4.35. The molecular weight excluding hydrogens is 318 g/mol. The van der Waals surface area contributed by atoms with Crippen molar-refractivity contribution in [1.29, 1.82) is 0 Å². The monoisotopic (exact) mass is 335 g/mol. The van der Waals surface area contributed by atoms with E-state index in [2.05, 4.69) is 20.7 Å². The largest absolute Gasteiger partial charge is 0.398 e. The number of halogens is 1. The molecule has 1 atom stereocenters. The van der Waals surface area contributed by atoms with E-state index in [9.17, 15) is 8.42 Å². The van der Waals surface area contributed by atoms with E-state index < -0.39 is 10.0 Å². The van der Waals surface area contributed by atoms with Crippen LogP contribution in [0.5, 0.6) is 0 Å². The number of hydrogen-bond donors (Lipinski definition) is 2. The molecule has 0 amide bonds. The number of rotatable bonds is 5. The summed E-state index contributed by atoms with van der Waals surface area (Å²) in [5.74, 6) is 0. The van der Waals surface area contributed by atoms with Crippen LogP contribution in [-0.4, -0.2) is 40.0 Å². The molecule has 0 spiro atoms. The fourth-order valence-corrected chi connectivity index (χ4v) is 2.59. The molecule has 102 valence electrons. The molecule has 18 heavy (non-hydrogen) atoms. The Bertz CT molecular complexity index is 517. The van der Waals surface area contributed by atoms with Crippen LogP contribution < -0.4 is 10.5 Å². The fourth-order valence-electron chi connectivity index (χ4n) is 1.19. The standard InChI is InChI=1S/C11H18BrN3O2S/c1-8(15(2)3)7-14-18(16,17)9-4-5-10(12)11(13)6-9/h4-6,8,14H,7,13H2,1-3H3. The van der Waals surface area contributed by atoms with Gasteiger partial charge in [-0.25, -0.2) is 13.1 Å². The van der Waals surface area contributed by atoms with Crippen LogP contribution in [-0.2, 0) is 10.0 Å². The molecule has 0 saturated heterocycles. The lowest BCUT2D eigenvalue weighted by Crippen LogP contribution is -2.38. The minimum atomic E-state index is -3.51. The van der Waals surface area contributed by atoms with Gasteiger partial charge in [0.15, 0.2) is 0 Å². The summed E-state index contributed by atoms with van der Waals surface area (Å²) in [6, 6.07) is 4.70. The summed E-state index contributed by atoms with van der Waals surface area (Å²) in [5.41, 5.74) is 6.08. The molecule has 1 aromatic rings. The first-order valence-corrected chi connectivity index (χ1v) is 7.73. The predicted molar refractivity (Wildman–Crippen MR) is 76.9 cm³/mol. The molecule has 1 unspecified atom stereocenters. The zero-order valence-corrected chi connectivity index (χ0v) is 13.0. The van der Waals surface area contributed by atoms with Crippen LogP contribution in [0.3, 0.4) is 0 Å². The minimum absolute atomic E-state index is 0.118. The minimum Gasteiger partial charge on any atom is -0.398 e. The zero-order chi connectivity index (χ0) is 13.9. The van der Waals surface area contributed by atoms with E-state index in [1.807, 2.05) is 25.9 Å². The van der Waals surface area contributed by atoms with Gasteiger partial charge in [0.05, 0.1) is 4.90 Å². The Kier molecular flexibility index (Phi) is 5.15. The molecule has 0 fully saturated rings. The van der Waals surface area contributed by atoms with Gasteiger partial charge in [-0.05, 0) is 55.1 Å². The van der Waals surface area contributed by atoms with Crippen LogP contribution in [0, 0.1) is 0 Å². The molecule has 0 radical (unpaired) electrons. The lowest BCUT2D eigenvalue weighted by atomic mass is 10.3. The molecule has 0 bridgehead atoms. The molecule has 0 aromatic heterocycles. The van der Waals surface area contributed by atoms with Gasteiger partial charge in [-0.1, -0.05) is 0 Å². The molecule has 3 N–H and O–H groups in total. The number of anilines is 1. The Morgan fingerprint density at radius 2 is 2.06 bits per heavy atom. The Balaban J connectivity index is 2.83. The first-order valence-electron chi connectivity index (χ1n) is 5.45. The molecule has 1 aromatic carbocycles. The van der Waals surface area contributed by atoms with E-state index in [1.165, 1.54) is 12.1 Å². The number of benzene rings is 1. The first kappa shape index (κ1) is 15.4. The topological polar surface area (TPSA) is 75.4 Å². The highest BCUT2D eigenvalue weighted by Gasteiger charge is 2.16. The first-order chi connectivity index (χ1) is 8.24. The van der Waals surface area contributed by atoms with E-state index in [-0.39, 0.29) is 10.9 Å². The summed E-state index contributed by atoms with van der Waals surface area (Å²) in [6.07, 6.45) is 0. The summed E-state index contributed by atoms with van der Waals surface area (Å²) in [7, 11) is 0.293. The van der Waals surface area contributed by atoms with E-state index in [4.69, 9.17) is 5.73 Å². The van der Waals surface area contributed by atoms with Crippen molar-refractivity contribution >= 4 is 31.6 Å². The lowest BCUT2D eigenvalue weighted by molar-refractivity contribution is 0.314. The van der Waals surface area contributed by atoms with Crippen LogP contribution in [0.4, 0.5) is 5.69 Å². The van der Waals surface area contributed by atoms with Crippen molar-refractivity contribution in [3.8, 4) is 0 Å². The van der Waals surface area contributed by atoms with Gasteiger partial charge in [0.1, 0.15) is 0 Å². The summed E-state index contributed by atoms with van der Waals surface area (Å²) >= 11 is 3.23. The molecule has 0 heterocycles.